The van der Waals surface area contributed by atoms with Gasteiger partial charge in [0, 0.05) is 31.6 Å². The Balaban J connectivity index is 1.41. The lowest BCUT2D eigenvalue weighted by Crippen LogP contribution is -2.48. The van der Waals surface area contributed by atoms with Gasteiger partial charge in [-0.2, -0.15) is 0 Å². The molecule has 124 valence electrons. The van der Waals surface area contributed by atoms with Crippen LogP contribution in [0.15, 0.2) is 18.2 Å². The Kier molecular flexibility index (Phi) is 3.99. The van der Waals surface area contributed by atoms with Crippen molar-refractivity contribution in [2.24, 2.45) is 0 Å². The fraction of sp³-hybridized carbons (Fsp3) is 0.611. The van der Waals surface area contributed by atoms with Crippen LogP contribution in [-0.4, -0.2) is 43.0 Å². The van der Waals surface area contributed by atoms with E-state index in [1.807, 2.05) is 17.0 Å². The van der Waals surface area contributed by atoms with Crippen molar-refractivity contribution in [3.8, 4) is 0 Å². The third-order valence-electron chi connectivity index (χ3n) is 5.26. The number of carbonyl (C=O) groups is 1. The van der Waals surface area contributed by atoms with Gasteiger partial charge >= 0.3 is 6.03 Å². The molecule has 2 fully saturated rings. The van der Waals surface area contributed by atoms with Crippen LogP contribution < -0.4 is 5.32 Å². The van der Waals surface area contributed by atoms with Gasteiger partial charge in [0.15, 0.2) is 5.79 Å². The highest BCUT2D eigenvalue weighted by atomic mass is 16.7. The summed E-state index contributed by atoms with van der Waals surface area (Å²) in [7, 11) is 0. The van der Waals surface area contributed by atoms with Crippen LogP contribution in [0.5, 0.6) is 0 Å². The van der Waals surface area contributed by atoms with E-state index in [1.165, 1.54) is 24.0 Å². The molecule has 2 heterocycles. The zero-order valence-corrected chi connectivity index (χ0v) is 13.5. The van der Waals surface area contributed by atoms with E-state index in [2.05, 4.69) is 11.4 Å². The maximum atomic E-state index is 12.6. The molecule has 1 spiro atoms. The van der Waals surface area contributed by atoms with Gasteiger partial charge < -0.3 is 19.7 Å². The molecule has 23 heavy (non-hydrogen) atoms. The zero-order chi connectivity index (χ0) is 15.7. The number of likely N-dealkylation sites (tertiary alicyclic amines) is 1. The van der Waals surface area contributed by atoms with Crippen molar-refractivity contribution in [3.05, 3.63) is 29.3 Å². The van der Waals surface area contributed by atoms with Gasteiger partial charge in [-0.25, -0.2) is 4.79 Å². The number of hydrogen-bond donors (Lipinski definition) is 1. The van der Waals surface area contributed by atoms with Crippen molar-refractivity contribution in [3.63, 3.8) is 0 Å². The largest absolute Gasteiger partial charge is 0.347 e. The number of ether oxygens (including phenoxy) is 2. The summed E-state index contributed by atoms with van der Waals surface area (Å²) in [6.45, 7) is 2.70. The molecular weight excluding hydrogens is 292 g/mol. The van der Waals surface area contributed by atoms with E-state index in [0.717, 1.165) is 31.4 Å². The molecule has 0 radical (unpaired) electrons. The summed E-state index contributed by atoms with van der Waals surface area (Å²) in [6.07, 6.45) is 6.16. The second kappa shape index (κ2) is 6.13. The highest BCUT2D eigenvalue weighted by Crippen LogP contribution is 2.32. The molecule has 2 aliphatic heterocycles. The number of aryl methyl sites for hydroxylation is 1. The van der Waals surface area contributed by atoms with Crippen LogP contribution in [0.4, 0.5) is 10.5 Å². The quantitative estimate of drug-likeness (QED) is 0.866. The molecule has 3 aliphatic rings. The van der Waals surface area contributed by atoms with E-state index in [9.17, 15) is 4.79 Å². The number of amides is 2. The maximum absolute atomic E-state index is 12.6. The summed E-state index contributed by atoms with van der Waals surface area (Å²) in [4.78, 5) is 14.5. The Morgan fingerprint density at radius 3 is 2.61 bits per heavy atom. The van der Waals surface area contributed by atoms with E-state index >= 15 is 0 Å². The van der Waals surface area contributed by atoms with Crippen molar-refractivity contribution in [2.75, 3.05) is 31.6 Å². The van der Waals surface area contributed by atoms with E-state index < -0.39 is 5.79 Å². The molecule has 2 saturated heterocycles. The van der Waals surface area contributed by atoms with Crippen LogP contribution in [0.2, 0.25) is 0 Å². The van der Waals surface area contributed by atoms with Crippen LogP contribution in [0.3, 0.4) is 0 Å². The van der Waals surface area contributed by atoms with Gasteiger partial charge in [0.25, 0.3) is 0 Å². The second-order valence-electron chi connectivity index (χ2n) is 6.68. The zero-order valence-electron chi connectivity index (χ0n) is 13.5. The van der Waals surface area contributed by atoms with Gasteiger partial charge in [-0.1, -0.05) is 12.1 Å². The summed E-state index contributed by atoms with van der Waals surface area (Å²) in [5.74, 6) is -0.428. The van der Waals surface area contributed by atoms with Gasteiger partial charge in [-0.3, -0.25) is 0 Å². The Bertz CT molecular complexity index is 586. The average molecular weight is 316 g/mol. The summed E-state index contributed by atoms with van der Waals surface area (Å²) >= 11 is 0. The number of anilines is 1. The van der Waals surface area contributed by atoms with Gasteiger partial charge in [0.1, 0.15) is 0 Å². The number of carbonyl (C=O) groups excluding carboxylic acids is 1. The molecule has 1 aliphatic carbocycles. The molecule has 5 nitrogen and oxygen atoms in total. The highest BCUT2D eigenvalue weighted by Gasteiger charge is 2.40. The molecule has 1 aromatic rings. The van der Waals surface area contributed by atoms with E-state index in [1.54, 1.807) is 0 Å². The SMILES string of the molecule is O=C(Nc1cccc2c1CCCC2)N1CCC2(CC1)OCCO2. The maximum Gasteiger partial charge on any atom is 0.321 e. The lowest BCUT2D eigenvalue weighted by molar-refractivity contribution is -0.181. The topological polar surface area (TPSA) is 50.8 Å². The summed E-state index contributed by atoms with van der Waals surface area (Å²) in [6, 6.07) is 6.25. The van der Waals surface area contributed by atoms with Gasteiger partial charge in [-0.15, -0.1) is 0 Å². The predicted octanol–water partition coefficient (Wildman–Crippen LogP) is 2.94. The molecule has 0 aromatic heterocycles. The summed E-state index contributed by atoms with van der Waals surface area (Å²) < 4.78 is 11.4. The fourth-order valence-electron chi connectivity index (χ4n) is 3.93. The predicted molar refractivity (Wildman–Crippen MR) is 87.5 cm³/mol. The molecule has 1 N–H and O–H groups in total. The Labute approximate surface area is 136 Å². The third kappa shape index (κ3) is 2.95. The van der Waals surface area contributed by atoms with E-state index in [-0.39, 0.29) is 6.03 Å². The van der Waals surface area contributed by atoms with Gasteiger partial charge in [-0.05, 0) is 42.9 Å². The number of urea groups is 1. The molecule has 2 amide bonds. The molecule has 0 saturated carbocycles. The van der Waals surface area contributed by atoms with Gasteiger partial charge in [0.2, 0.25) is 0 Å². The minimum absolute atomic E-state index is 0.00294. The van der Waals surface area contributed by atoms with Crippen molar-refractivity contribution >= 4 is 11.7 Å². The van der Waals surface area contributed by atoms with Crippen LogP contribution in [0, 0.1) is 0 Å². The highest BCUT2D eigenvalue weighted by molar-refractivity contribution is 5.90. The first-order valence-corrected chi connectivity index (χ1v) is 8.70. The fourth-order valence-corrected chi connectivity index (χ4v) is 3.93. The number of benzene rings is 1. The average Bonchev–Trinajstić information content (AvgIpc) is 3.04. The number of nitrogens with one attached hydrogen (secondary N) is 1. The second-order valence-corrected chi connectivity index (χ2v) is 6.68. The molecule has 0 atom stereocenters. The van der Waals surface area contributed by atoms with E-state index in [0.29, 0.717) is 26.3 Å². The Hall–Kier alpha value is -1.59. The van der Waals surface area contributed by atoms with E-state index in [4.69, 9.17) is 9.47 Å². The van der Waals surface area contributed by atoms with Crippen LogP contribution in [0.1, 0.15) is 36.8 Å². The number of hydrogen-bond acceptors (Lipinski definition) is 3. The molecule has 4 rings (SSSR count). The number of rotatable bonds is 1. The monoisotopic (exact) mass is 316 g/mol. The lowest BCUT2D eigenvalue weighted by atomic mass is 9.90. The first-order valence-electron chi connectivity index (χ1n) is 8.70. The van der Waals surface area contributed by atoms with Crippen molar-refractivity contribution < 1.29 is 14.3 Å². The Morgan fingerprint density at radius 2 is 1.83 bits per heavy atom. The van der Waals surface area contributed by atoms with Crippen molar-refractivity contribution in [1.82, 2.24) is 4.90 Å². The van der Waals surface area contributed by atoms with Gasteiger partial charge in [0.05, 0.1) is 13.2 Å². The molecule has 0 bridgehead atoms. The van der Waals surface area contributed by atoms with Crippen molar-refractivity contribution in [2.45, 2.75) is 44.3 Å². The standard InChI is InChI=1S/C18H24N2O3/c21-17(20-10-8-18(9-11-20)22-12-13-23-18)19-16-7-3-5-14-4-1-2-6-15(14)16/h3,5,7H,1-2,4,6,8-13H2,(H,19,21). The number of fused-ring (bicyclic) bond motifs is 1. The third-order valence-corrected chi connectivity index (χ3v) is 5.26. The number of nitrogens with zero attached hydrogens (tertiary/aromatic N) is 1. The minimum Gasteiger partial charge on any atom is -0.347 e. The smallest absolute Gasteiger partial charge is 0.321 e. The summed E-state index contributed by atoms with van der Waals surface area (Å²) in [5.41, 5.74) is 3.70. The first-order chi connectivity index (χ1) is 11.3. The van der Waals surface area contributed by atoms with Crippen LogP contribution in [-0.2, 0) is 22.3 Å². The number of piperidine rings is 1. The molecule has 5 heteroatoms. The van der Waals surface area contributed by atoms with Crippen molar-refractivity contribution in [1.29, 1.82) is 0 Å². The molecule has 0 unspecified atom stereocenters. The normalized spacial score (nSPS) is 22.9. The summed E-state index contributed by atoms with van der Waals surface area (Å²) in [5, 5.41) is 3.12. The molecule has 1 aromatic carbocycles. The lowest BCUT2D eigenvalue weighted by Gasteiger charge is -2.37. The van der Waals surface area contributed by atoms with Crippen LogP contribution >= 0.6 is 0 Å². The first kappa shape index (κ1) is 15.0. The molecular formula is C18H24N2O3. The Morgan fingerprint density at radius 1 is 1.09 bits per heavy atom. The van der Waals surface area contributed by atoms with Crippen LogP contribution in [0.25, 0.3) is 0 Å². The minimum atomic E-state index is -0.428.